The van der Waals surface area contributed by atoms with Crippen LogP contribution in [0.5, 0.6) is 0 Å². The number of likely N-dealkylation sites (tertiary alicyclic amines) is 1. The first-order chi connectivity index (χ1) is 9.88. The third kappa shape index (κ3) is 3.49. The number of carboxylic acid groups (broad SMARTS) is 1. The SMILES string of the molecule is O=C(O)C1CCN(C(=O)Cc2ccc([N+](=O)[O-])cc2Cl)C1. The summed E-state index contributed by atoms with van der Waals surface area (Å²) in [7, 11) is 0. The van der Waals surface area contributed by atoms with Crippen LogP contribution in [0, 0.1) is 16.0 Å². The minimum Gasteiger partial charge on any atom is -0.481 e. The van der Waals surface area contributed by atoms with E-state index in [0.29, 0.717) is 18.5 Å². The molecule has 1 aromatic rings. The normalized spacial score (nSPS) is 17.8. The molecule has 112 valence electrons. The van der Waals surface area contributed by atoms with Gasteiger partial charge in [-0.15, -0.1) is 0 Å². The molecule has 7 nitrogen and oxygen atoms in total. The number of hydrogen-bond acceptors (Lipinski definition) is 4. The van der Waals surface area contributed by atoms with Crippen molar-refractivity contribution in [2.24, 2.45) is 5.92 Å². The zero-order chi connectivity index (χ0) is 15.6. The van der Waals surface area contributed by atoms with Gasteiger partial charge in [-0.05, 0) is 12.0 Å². The van der Waals surface area contributed by atoms with Crippen molar-refractivity contribution in [3.8, 4) is 0 Å². The highest BCUT2D eigenvalue weighted by Crippen LogP contribution is 2.24. The zero-order valence-electron chi connectivity index (χ0n) is 11.0. The average molecular weight is 313 g/mol. The number of carbonyl (C=O) groups is 2. The summed E-state index contributed by atoms with van der Waals surface area (Å²) in [5, 5.41) is 19.7. The third-order valence-corrected chi connectivity index (χ3v) is 3.83. The highest BCUT2D eigenvalue weighted by molar-refractivity contribution is 6.31. The Bertz CT molecular complexity index is 604. The Kier molecular flexibility index (Phi) is 4.42. The number of carbonyl (C=O) groups excluding carboxylic acids is 1. The lowest BCUT2D eigenvalue weighted by Crippen LogP contribution is -2.31. The van der Waals surface area contributed by atoms with Gasteiger partial charge in [-0.25, -0.2) is 0 Å². The number of benzene rings is 1. The first-order valence-electron chi connectivity index (χ1n) is 6.32. The second kappa shape index (κ2) is 6.09. The van der Waals surface area contributed by atoms with Gasteiger partial charge in [-0.3, -0.25) is 19.7 Å². The van der Waals surface area contributed by atoms with E-state index in [1.54, 1.807) is 0 Å². The number of halogens is 1. The van der Waals surface area contributed by atoms with Crippen LogP contribution >= 0.6 is 11.6 Å². The molecule has 21 heavy (non-hydrogen) atoms. The lowest BCUT2D eigenvalue weighted by molar-refractivity contribution is -0.384. The van der Waals surface area contributed by atoms with Crippen LogP contribution in [0.2, 0.25) is 5.02 Å². The van der Waals surface area contributed by atoms with Gasteiger partial charge in [-0.2, -0.15) is 0 Å². The van der Waals surface area contributed by atoms with E-state index in [2.05, 4.69) is 0 Å². The number of amides is 1. The van der Waals surface area contributed by atoms with Crippen LogP contribution in [-0.2, 0) is 16.0 Å². The van der Waals surface area contributed by atoms with Crippen molar-refractivity contribution in [2.45, 2.75) is 12.8 Å². The molecule has 0 spiro atoms. The van der Waals surface area contributed by atoms with Crippen LogP contribution in [0.3, 0.4) is 0 Å². The standard InChI is InChI=1S/C13H13ClN2O5/c14-11-6-10(16(20)21)2-1-8(11)5-12(17)15-4-3-9(7-15)13(18)19/h1-2,6,9H,3-5,7H2,(H,18,19). The van der Waals surface area contributed by atoms with E-state index in [4.69, 9.17) is 16.7 Å². The Morgan fingerprint density at radius 1 is 1.48 bits per heavy atom. The van der Waals surface area contributed by atoms with Gasteiger partial charge < -0.3 is 10.0 Å². The maximum absolute atomic E-state index is 12.1. The van der Waals surface area contributed by atoms with Crippen LogP contribution in [0.4, 0.5) is 5.69 Å². The van der Waals surface area contributed by atoms with Gasteiger partial charge in [0.1, 0.15) is 0 Å². The monoisotopic (exact) mass is 312 g/mol. The van der Waals surface area contributed by atoms with Crippen molar-refractivity contribution in [2.75, 3.05) is 13.1 Å². The molecule has 0 aromatic heterocycles. The van der Waals surface area contributed by atoms with E-state index >= 15 is 0 Å². The van der Waals surface area contributed by atoms with Crippen molar-refractivity contribution in [1.82, 2.24) is 4.90 Å². The fourth-order valence-corrected chi connectivity index (χ4v) is 2.50. The van der Waals surface area contributed by atoms with Crippen molar-refractivity contribution in [3.05, 3.63) is 38.9 Å². The number of hydrogen-bond donors (Lipinski definition) is 1. The summed E-state index contributed by atoms with van der Waals surface area (Å²) in [5.74, 6) is -1.66. The second-order valence-electron chi connectivity index (χ2n) is 4.87. The number of nitro benzene ring substituents is 1. The largest absolute Gasteiger partial charge is 0.481 e. The van der Waals surface area contributed by atoms with Crippen molar-refractivity contribution < 1.29 is 19.6 Å². The van der Waals surface area contributed by atoms with Crippen molar-refractivity contribution in [3.63, 3.8) is 0 Å². The lowest BCUT2D eigenvalue weighted by Gasteiger charge is -2.16. The summed E-state index contributed by atoms with van der Waals surface area (Å²) in [6.45, 7) is 0.596. The maximum atomic E-state index is 12.1. The van der Waals surface area contributed by atoms with Gasteiger partial charge in [0.05, 0.1) is 22.3 Å². The zero-order valence-corrected chi connectivity index (χ0v) is 11.7. The predicted molar refractivity (Wildman–Crippen MR) is 74.1 cm³/mol. The molecule has 1 aliphatic rings. The highest BCUT2D eigenvalue weighted by atomic mass is 35.5. The van der Waals surface area contributed by atoms with E-state index in [1.807, 2.05) is 0 Å². The topological polar surface area (TPSA) is 101 Å². The molecule has 1 atom stereocenters. The molecule has 1 N–H and O–H groups in total. The van der Waals surface area contributed by atoms with Gasteiger partial charge in [0.15, 0.2) is 0 Å². The van der Waals surface area contributed by atoms with Crippen LogP contribution in [0.1, 0.15) is 12.0 Å². The van der Waals surface area contributed by atoms with E-state index in [1.165, 1.54) is 23.1 Å². The van der Waals surface area contributed by atoms with Crippen molar-refractivity contribution >= 4 is 29.2 Å². The van der Waals surface area contributed by atoms with Gasteiger partial charge >= 0.3 is 5.97 Å². The molecule has 1 unspecified atom stereocenters. The molecule has 0 bridgehead atoms. The number of carboxylic acids is 1. The Labute approximate surface area is 125 Å². The molecular weight excluding hydrogens is 300 g/mol. The fourth-order valence-electron chi connectivity index (χ4n) is 2.26. The predicted octanol–water partition coefficient (Wildman–Crippen LogP) is 1.72. The highest BCUT2D eigenvalue weighted by Gasteiger charge is 2.30. The summed E-state index contributed by atoms with van der Waals surface area (Å²) >= 11 is 5.93. The first-order valence-corrected chi connectivity index (χ1v) is 6.69. The van der Waals surface area contributed by atoms with E-state index in [0.717, 1.165) is 0 Å². The van der Waals surface area contributed by atoms with E-state index in [9.17, 15) is 19.7 Å². The Morgan fingerprint density at radius 3 is 2.71 bits per heavy atom. The molecule has 1 fully saturated rings. The van der Waals surface area contributed by atoms with Gasteiger partial charge in [-0.1, -0.05) is 17.7 Å². The molecule has 0 saturated carbocycles. The quantitative estimate of drug-likeness (QED) is 0.674. The van der Waals surface area contributed by atoms with Crippen LogP contribution in [0.15, 0.2) is 18.2 Å². The van der Waals surface area contributed by atoms with Gasteiger partial charge in [0.2, 0.25) is 5.91 Å². The number of nitrogens with zero attached hydrogens (tertiary/aromatic N) is 2. The molecule has 1 saturated heterocycles. The van der Waals surface area contributed by atoms with Gasteiger partial charge in [0, 0.05) is 25.2 Å². The summed E-state index contributed by atoms with van der Waals surface area (Å²) in [4.78, 5) is 34.5. The molecule has 1 aromatic carbocycles. The lowest BCUT2D eigenvalue weighted by atomic mass is 10.1. The number of nitro groups is 1. The minimum absolute atomic E-state index is 0.00314. The molecule has 1 heterocycles. The van der Waals surface area contributed by atoms with Gasteiger partial charge in [0.25, 0.3) is 5.69 Å². The van der Waals surface area contributed by atoms with E-state index in [-0.39, 0.29) is 29.6 Å². The summed E-state index contributed by atoms with van der Waals surface area (Å²) in [6, 6.07) is 3.94. The Morgan fingerprint density at radius 2 is 2.19 bits per heavy atom. The smallest absolute Gasteiger partial charge is 0.308 e. The summed E-state index contributed by atoms with van der Waals surface area (Å²) in [6.07, 6.45) is 0.443. The molecule has 8 heteroatoms. The fraction of sp³-hybridized carbons (Fsp3) is 0.385. The Balaban J connectivity index is 2.03. The van der Waals surface area contributed by atoms with Crippen LogP contribution < -0.4 is 0 Å². The summed E-state index contributed by atoms with van der Waals surface area (Å²) in [5.41, 5.74) is 0.356. The molecule has 0 aliphatic carbocycles. The third-order valence-electron chi connectivity index (χ3n) is 3.48. The minimum atomic E-state index is -0.904. The molecular formula is C13H13ClN2O5. The number of non-ortho nitro benzene ring substituents is 1. The molecule has 1 amide bonds. The average Bonchev–Trinajstić information content (AvgIpc) is 2.90. The van der Waals surface area contributed by atoms with Crippen LogP contribution in [0.25, 0.3) is 0 Å². The van der Waals surface area contributed by atoms with Crippen LogP contribution in [-0.4, -0.2) is 39.9 Å². The first kappa shape index (κ1) is 15.2. The number of rotatable bonds is 4. The molecule has 0 radical (unpaired) electrons. The summed E-state index contributed by atoms with van der Waals surface area (Å²) < 4.78 is 0. The molecule has 2 rings (SSSR count). The number of aliphatic carboxylic acids is 1. The second-order valence-corrected chi connectivity index (χ2v) is 5.28. The maximum Gasteiger partial charge on any atom is 0.308 e. The van der Waals surface area contributed by atoms with E-state index < -0.39 is 16.8 Å². The Hall–Kier alpha value is -2.15. The molecule has 1 aliphatic heterocycles. The van der Waals surface area contributed by atoms with Crippen molar-refractivity contribution in [1.29, 1.82) is 0 Å².